The Bertz CT molecular complexity index is 1360. The van der Waals surface area contributed by atoms with E-state index in [-0.39, 0.29) is 44.8 Å². The van der Waals surface area contributed by atoms with Gasteiger partial charge in [-0.25, -0.2) is 0 Å². The molecule has 0 atom stereocenters. The number of nitrogens with one attached hydrogen (secondary N) is 4. The monoisotopic (exact) mass is 554 g/mol. The van der Waals surface area contributed by atoms with E-state index in [9.17, 15) is 19.2 Å². The van der Waals surface area contributed by atoms with Crippen molar-refractivity contribution in [3.05, 3.63) is 88.2 Å². The van der Waals surface area contributed by atoms with Gasteiger partial charge in [-0.15, -0.1) is 0 Å². The molecule has 1 aromatic heterocycles. The number of likely N-dealkylation sites (tertiary alicyclic amines) is 1. The summed E-state index contributed by atoms with van der Waals surface area (Å²) in [5.41, 5.74) is 1.43. The predicted molar refractivity (Wildman–Crippen MR) is 145 cm³/mol. The number of carbonyl (C=O) groups is 4. The van der Waals surface area contributed by atoms with Crippen molar-refractivity contribution in [2.75, 3.05) is 23.7 Å². The lowest BCUT2D eigenvalue weighted by Crippen LogP contribution is -2.46. The van der Waals surface area contributed by atoms with Crippen LogP contribution in [0, 0.1) is 0 Å². The van der Waals surface area contributed by atoms with Crippen LogP contribution in [-0.4, -0.2) is 57.9 Å². The molecule has 4 N–H and O–H groups in total. The number of hydrogen-bond donors (Lipinski definition) is 4. The van der Waals surface area contributed by atoms with E-state index in [0.29, 0.717) is 37.2 Å². The van der Waals surface area contributed by atoms with Crippen molar-refractivity contribution in [2.24, 2.45) is 0 Å². The molecule has 38 heavy (non-hydrogen) atoms. The molecular formula is C26H24Cl2N6O4. The number of halogens is 2. The van der Waals surface area contributed by atoms with Gasteiger partial charge in [0.25, 0.3) is 17.7 Å². The highest BCUT2D eigenvalue weighted by Crippen LogP contribution is 2.26. The fraction of sp³-hybridized carbons (Fsp3) is 0.192. The third kappa shape index (κ3) is 6.21. The standard InChI is InChI=1S/C26H24Cl2N6O4/c1-2-21(35)30-16-8-6-15(7-9-16)26(38)34-12-10-17(11-13-34)31-25(37)23-20(14-29-33-23)32-24(36)22-18(27)4-3-5-19(22)28/h2-9,14,17H,1,10-13H2,(H,29,33)(H,30,35)(H,31,37)(H,32,36). The molecule has 0 bridgehead atoms. The van der Waals surface area contributed by atoms with Crippen LogP contribution in [0.2, 0.25) is 10.0 Å². The van der Waals surface area contributed by atoms with E-state index in [1.807, 2.05) is 0 Å². The Morgan fingerprint density at radius 1 is 0.974 bits per heavy atom. The van der Waals surface area contributed by atoms with Crippen molar-refractivity contribution in [2.45, 2.75) is 18.9 Å². The maximum Gasteiger partial charge on any atom is 0.271 e. The van der Waals surface area contributed by atoms with Gasteiger partial charge in [0.15, 0.2) is 0 Å². The first-order valence-electron chi connectivity index (χ1n) is 11.7. The van der Waals surface area contributed by atoms with Gasteiger partial charge in [0.05, 0.1) is 27.5 Å². The molecule has 0 spiro atoms. The zero-order valence-corrected chi connectivity index (χ0v) is 21.6. The summed E-state index contributed by atoms with van der Waals surface area (Å²) < 4.78 is 0. The first-order chi connectivity index (χ1) is 18.3. The SMILES string of the molecule is C=CC(=O)Nc1ccc(C(=O)N2CCC(NC(=O)c3[nH]ncc3NC(=O)c3c(Cl)cccc3Cl)CC2)cc1. The molecular weight excluding hydrogens is 531 g/mol. The molecule has 1 saturated heterocycles. The van der Waals surface area contributed by atoms with Gasteiger partial charge in [-0.1, -0.05) is 35.8 Å². The van der Waals surface area contributed by atoms with Crippen LogP contribution in [0.1, 0.15) is 44.0 Å². The number of hydrogen-bond acceptors (Lipinski definition) is 5. The molecule has 3 aromatic rings. The number of aromatic nitrogens is 2. The predicted octanol–water partition coefficient (Wildman–Crippen LogP) is 4.13. The van der Waals surface area contributed by atoms with Crippen LogP contribution in [-0.2, 0) is 4.79 Å². The van der Waals surface area contributed by atoms with Crippen molar-refractivity contribution in [3.8, 4) is 0 Å². The highest BCUT2D eigenvalue weighted by molar-refractivity contribution is 6.40. The van der Waals surface area contributed by atoms with Crippen molar-refractivity contribution in [1.29, 1.82) is 0 Å². The van der Waals surface area contributed by atoms with Gasteiger partial charge >= 0.3 is 0 Å². The molecule has 4 rings (SSSR count). The summed E-state index contributed by atoms with van der Waals surface area (Å²) in [6, 6.07) is 11.1. The molecule has 0 aliphatic carbocycles. The van der Waals surface area contributed by atoms with Crippen LogP contribution in [0.4, 0.5) is 11.4 Å². The molecule has 1 aliphatic heterocycles. The molecule has 0 unspecified atom stereocenters. The average Bonchev–Trinajstić information content (AvgIpc) is 3.37. The Balaban J connectivity index is 1.31. The topological polar surface area (TPSA) is 136 Å². The number of amides is 4. The average molecular weight is 555 g/mol. The van der Waals surface area contributed by atoms with Crippen molar-refractivity contribution in [1.82, 2.24) is 20.4 Å². The summed E-state index contributed by atoms with van der Waals surface area (Å²) in [6.07, 6.45) is 3.60. The third-order valence-electron chi connectivity index (χ3n) is 6.01. The van der Waals surface area contributed by atoms with Gasteiger partial charge in [-0.3, -0.25) is 24.3 Å². The molecule has 12 heteroatoms. The summed E-state index contributed by atoms with van der Waals surface area (Å²) in [6.45, 7) is 4.31. The minimum absolute atomic E-state index is 0.0867. The van der Waals surface area contributed by atoms with Crippen molar-refractivity contribution in [3.63, 3.8) is 0 Å². The number of anilines is 2. The quantitative estimate of drug-likeness (QED) is 0.325. The summed E-state index contributed by atoms with van der Waals surface area (Å²) >= 11 is 12.2. The molecule has 0 saturated carbocycles. The first-order valence-corrected chi connectivity index (χ1v) is 12.4. The second-order valence-electron chi connectivity index (χ2n) is 8.52. The number of H-pyrrole nitrogens is 1. The van der Waals surface area contributed by atoms with Crippen LogP contribution in [0.3, 0.4) is 0 Å². The largest absolute Gasteiger partial charge is 0.348 e. The van der Waals surface area contributed by atoms with Crippen LogP contribution in [0.15, 0.2) is 61.3 Å². The molecule has 1 aliphatic rings. The maximum absolute atomic E-state index is 12.9. The Morgan fingerprint density at radius 2 is 1.63 bits per heavy atom. The number of rotatable bonds is 7. The zero-order chi connectivity index (χ0) is 27.2. The van der Waals surface area contributed by atoms with Crippen LogP contribution < -0.4 is 16.0 Å². The highest BCUT2D eigenvalue weighted by atomic mass is 35.5. The summed E-state index contributed by atoms with van der Waals surface area (Å²) in [4.78, 5) is 51.6. The molecule has 4 amide bonds. The Kier molecular flexibility index (Phi) is 8.45. The van der Waals surface area contributed by atoms with Gasteiger partial charge in [0.1, 0.15) is 5.69 Å². The lowest BCUT2D eigenvalue weighted by molar-refractivity contribution is -0.111. The van der Waals surface area contributed by atoms with E-state index in [1.54, 1.807) is 47.4 Å². The van der Waals surface area contributed by atoms with E-state index >= 15 is 0 Å². The highest BCUT2D eigenvalue weighted by Gasteiger charge is 2.27. The lowest BCUT2D eigenvalue weighted by atomic mass is 10.0. The number of benzene rings is 2. The minimum Gasteiger partial charge on any atom is -0.348 e. The number of piperidine rings is 1. The lowest BCUT2D eigenvalue weighted by Gasteiger charge is -2.32. The van der Waals surface area contributed by atoms with Crippen LogP contribution in [0.5, 0.6) is 0 Å². The number of nitrogens with zero attached hydrogens (tertiary/aromatic N) is 2. The fourth-order valence-corrected chi connectivity index (χ4v) is 4.58. The maximum atomic E-state index is 12.9. The number of carbonyl (C=O) groups excluding carboxylic acids is 4. The molecule has 0 radical (unpaired) electrons. The zero-order valence-electron chi connectivity index (χ0n) is 20.1. The molecule has 10 nitrogen and oxygen atoms in total. The summed E-state index contributed by atoms with van der Waals surface area (Å²) in [5, 5.41) is 15.0. The number of aromatic amines is 1. The first kappa shape index (κ1) is 26.9. The van der Waals surface area contributed by atoms with E-state index < -0.39 is 11.8 Å². The summed E-state index contributed by atoms with van der Waals surface area (Å²) in [7, 11) is 0. The van der Waals surface area contributed by atoms with Crippen molar-refractivity contribution >= 4 is 58.2 Å². The van der Waals surface area contributed by atoms with E-state index in [0.717, 1.165) is 0 Å². The van der Waals surface area contributed by atoms with Gasteiger partial charge in [0.2, 0.25) is 5.91 Å². The van der Waals surface area contributed by atoms with Crippen LogP contribution in [0.25, 0.3) is 0 Å². The Labute approximate surface area is 228 Å². The van der Waals surface area contributed by atoms with E-state index in [4.69, 9.17) is 23.2 Å². The Hall–Kier alpha value is -4.15. The molecule has 196 valence electrons. The van der Waals surface area contributed by atoms with Gasteiger partial charge in [-0.2, -0.15) is 5.10 Å². The van der Waals surface area contributed by atoms with Crippen molar-refractivity contribution < 1.29 is 19.2 Å². The molecule has 1 fully saturated rings. The minimum atomic E-state index is -0.570. The van der Waals surface area contributed by atoms with Gasteiger partial charge < -0.3 is 20.9 Å². The normalized spacial score (nSPS) is 13.5. The van der Waals surface area contributed by atoms with Crippen LogP contribution >= 0.6 is 23.2 Å². The second kappa shape index (κ2) is 11.9. The third-order valence-corrected chi connectivity index (χ3v) is 6.64. The summed E-state index contributed by atoms with van der Waals surface area (Å²) in [5.74, 6) is -1.47. The van der Waals surface area contributed by atoms with Gasteiger partial charge in [-0.05, 0) is 55.3 Å². The molecule has 2 heterocycles. The van der Waals surface area contributed by atoms with Gasteiger partial charge in [0, 0.05) is 30.4 Å². The fourth-order valence-electron chi connectivity index (χ4n) is 4.01. The smallest absolute Gasteiger partial charge is 0.271 e. The van der Waals surface area contributed by atoms with E-state index in [1.165, 1.54) is 12.3 Å². The Morgan fingerprint density at radius 3 is 2.26 bits per heavy atom. The van der Waals surface area contributed by atoms with E-state index in [2.05, 4.69) is 32.7 Å². The molecule has 2 aromatic carbocycles. The second-order valence-corrected chi connectivity index (χ2v) is 9.33.